The summed E-state index contributed by atoms with van der Waals surface area (Å²) in [6.45, 7) is 9.81. The van der Waals surface area contributed by atoms with E-state index in [1.807, 2.05) is 6.92 Å². The van der Waals surface area contributed by atoms with Crippen LogP contribution in [0, 0.1) is 17.8 Å². The van der Waals surface area contributed by atoms with Gasteiger partial charge < -0.3 is 14.9 Å². The summed E-state index contributed by atoms with van der Waals surface area (Å²) in [5.41, 5.74) is -2.33. The summed E-state index contributed by atoms with van der Waals surface area (Å²) >= 11 is 0. The first-order valence-electron chi connectivity index (χ1n) is 7.28. The van der Waals surface area contributed by atoms with E-state index in [1.54, 1.807) is 13.8 Å². The monoisotopic (exact) mass is 256 g/mol. The Kier molecular flexibility index (Phi) is 3.54. The van der Waals surface area contributed by atoms with Crippen molar-refractivity contribution in [3.05, 3.63) is 0 Å². The molecule has 0 radical (unpaired) electrons. The second kappa shape index (κ2) is 4.46. The standard InChI is InChI=1S/C15H28O3/c1-9-6-7-12(10(2)8-9)13-15(5,17)14(4,16)11(3)18-13/h9-13,16-17H,6-8H2,1-5H3/t9?,10?,11-,12?,13+,14?,15-/m1/s1. The van der Waals surface area contributed by atoms with Crippen molar-refractivity contribution in [1.82, 2.24) is 0 Å². The van der Waals surface area contributed by atoms with Gasteiger partial charge in [0.2, 0.25) is 0 Å². The van der Waals surface area contributed by atoms with Gasteiger partial charge in [0.15, 0.2) is 0 Å². The van der Waals surface area contributed by atoms with Gasteiger partial charge in [0.05, 0.1) is 12.2 Å². The molecule has 0 amide bonds. The zero-order valence-electron chi connectivity index (χ0n) is 12.3. The van der Waals surface area contributed by atoms with Gasteiger partial charge in [-0.25, -0.2) is 0 Å². The van der Waals surface area contributed by atoms with Crippen LogP contribution < -0.4 is 0 Å². The van der Waals surface area contributed by atoms with E-state index in [0.717, 1.165) is 12.3 Å². The molecule has 1 aliphatic heterocycles. The maximum atomic E-state index is 10.7. The summed E-state index contributed by atoms with van der Waals surface area (Å²) in [4.78, 5) is 0. The zero-order valence-corrected chi connectivity index (χ0v) is 12.3. The molecule has 1 heterocycles. The number of rotatable bonds is 1. The van der Waals surface area contributed by atoms with Crippen molar-refractivity contribution in [2.45, 2.75) is 77.3 Å². The van der Waals surface area contributed by atoms with E-state index in [4.69, 9.17) is 4.74 Å². The minimum atomic E-state index is -1.17. The van der Waals surface area contributed by atoms with Crippen LogP contribution in [0.25, 0.3) is 0 Å². The van der Waals surface area contributed by atoms with Crippen LogP contribution in [0.1, 0.15) is 53.9 Å². The molecule has 2 fully saturated rings. The molecule has 0 aromatic rings. The molecule has 0 bridgehead atoms. The molecule has 2 aliphatic rings. The van der Waals surface area contributed by atoms with Crippen LogP contribution in [0.3, 0.4) is 0 Å². The number of hydrogen-bond donors (Lipinski definition) is 2. The molecule has 4 unspecified atom stereocenters. The Morgan fingerprint density at radius 2 is 1.61 bits per heavy atom. The molecule has 1 aliphatic carbocycles. The molecule has 0 spiro atoms. The van der Waals surface area contributed by atoms with Crippen molar-refractivity contribution in [3.63, 3.8) is 0 Å². The lowest BCUT2D eigenvalue weighted by Gasteiger charge is -2.42. The highest BCUT2D eigenvalue weighted by Crippen LogP contribution is 2.47. The first-order valence-corrected chi connectivity index (χ1v) is 7.28. The van der Waals surface area contributed by atoms with Gasteiger partial charge in [-0.15, -0.1) is 0 Å². The lowest BCUT2D eigenvalue weighted by Crippen LogP contribution is -2.56. The average molecular weight is 256 g/mol. The Hall–Kier alpha value is -0.120. The van der Waals surface area contributed by atoms with Crippen LogP contribution in [0.4, 0.5) is 0 Å². The highest BCUT2D eigenvalue weighted by Gasteiger charge is 2.61. The largest absolute Gasteiger partial charge is 0.384 e. The predicted molar refractivity (Wildman–Crippen MR) is 71.3 cm³/mol. The van der Waals surface area contributed by atoms with Crippen molar-refractivity contribution in [1.29, 1.82) is 0 Å². The Labute approximate surface area is 111 Å². The topological polar surface area (TPSA) is 49.7 Å². The Morgan fingerprint density at radius 3 is 2.06 bits per heavy atom. The van der Waals surface area contributed by atoms with Gasteiger partial charge in [0.1, 0.15) is 11.2 Å². The Balaban J connectivity index is 2.19. The molecule has 7 atom stereocenters. The summed E-state index contributed by atoms with van der Waals surface area (Å²) in [6.07, 6.45) is 2.92. The van der Waals surface area contributed by atoms with Gasteiger partial charge in [0.25, 0.3) is 0 Å². The molecule has 1 saturated carbocycles. The first kappa shape index (κ1) is 14.3. The summed E-state index contributed by atoms with van der Waals surface area (Å²) in [7, 11) is 0. The molecule has 0 aromatic heterocycles. The van der Waals surface area contributed by atoms with E-state index in [0.29, 0.717) is 11.8 Å². The summed E-state index contributed by atoms with van der Waals surface area (Å²) in [5, 5.41) is 21.2. The molecule has 0 aromatic carbocycles. The van der Waals surface area contributed by atoms with Crippen LogP contribution in [0.15, 0.2) is 0 Å². The molecule has 1 saturated heterocycles. The highest BCUT2D eigenvalue weighted by atomic mass is 16.6. The Bertz CT molecular complexity index is 311. The molecule has 3 nitrogen and oxygen atoms in total. The van der Waals surface area contributed by atoms with E-state index < -0.39 is 11.2 Å². The van der Waals surface area contributed by atoms with Gasteiger partial charge in [0, 0.05) is 0 Å². The van der Waals surface area contributed by atoms with Crippen LogP contribution in [0.5, 0.6) is 0 Å². The highest BCUT2D eigenvalue weighted by molar-refractivity contribution is 5.10. The zero-order chi connectivity index (χ0) is 13.7. The van der Waals surface area contributed by atoms with Crippen molar-refractivity contribution in [3.8, 4) is 0 Å². The quantitative estimate of drug-likeness (QED) is 0.757. The van der Waals surface area contributed by atoms with Crippen LogP contribution in [-0.2, 0) is 4.74 Å². The second-order valence-corrected chi connectivity index (χ2v) is 7.05. The first-order chi connectivity index (χ1) is 8.18. The fourth-order valence-corrected chi connectivity index (χ4v) is 3.84. The molecular weight excluding hydrogens is 228 g/mol. The fraction of sp³-hybridized carbons (Fsp3) is 1.00. The lowest BCUT2D eigenvalue weighted by atomic mass is 9.68. The molecule has 2 rings (SSSR count). The minimum Gasteiger partial charge on any atom is -0.384 e. The maximum absolute atomic E-state index is 10.7. The summed E-state index contributed by atoms with van der Waals surface area (Å²) < 4.78 is 5.94. The lowest BCUT2D eigenvalue weighted by molar-refractivity contribution is -0.134. The maximum Gasteiger partial charge on any atom is 0.119 e. The van der Waals surface area contributed by atoms with E-state index in [1.165, 1.54) is 12.8 Å². The minimum absolute atomic E-state index is 0.245. The average Bonchev–Trinajstić information content (AvgIpc) is 2.39. The fourth-order valence-electron chi connectivity index (χ4n) is 3.84. The van der Waals surface area contributed by atoms with E-state index in [9.17, 15) is 10.2 Å². The van der Waals surface area contributed by atoms with Crippen molar-refractivity contribution in [2.75, 3.05) is 0 Å². The van der Waals surface area contributed by atoms with Gasteiger partial charge in [-0.1, -0.05) is 20.3 Å². The van der Waals surface area contributed by atoms with E-state index in [-0.39, 0.29) is 12.2 Å². The molecular formula is C15H28O3. The van der Waals surface area contributed by atoms with Gasteiger partial charge in [-0.2, -0.15) is 0 Å². The second-order valence-electron chi connectivity index (χ2n) is 7.05. The smallest absolute Gasteiger partial charge is 0.119 e. The number of aliphatic hydroxyl groups is 2. The molecule has 3 heteroatoms. The normalized spacial score (nSPS) is 57.8. The number of hydrogen-bond acceptors (Lipinski definition) is 3. The van der Waals surface area contributed by atoms with Crippen LogP contribution in [0.2, 0.25) is 0 Å². The molecule has 2 N–H and O–H groups in total. The Morgan fingerprint density at radius 1 is 1.00 bits per heavy atom. The predicted octanol–water partition coefficient (Wildman–Crippen LogP) is 2.35. The third-order valence-corrected chi connectivity index (χ3v) is 5.61. The van der Waals surface area contributed by atoms with Crippen molar-refractivity contribution < 1.29 is 14.9 Å². The van der Waals surface area contributed by atoms with E-state index in [2.05, 4.69) is 13.8 Å². The van der Waals surface area contributed by atoms with Gasteiger partial charge in [-0.05, 0) is 51.4 Å². The van der Waals surface area contributed by atoms with Gasteiger partial charge in [-0.3, -0.25) is 0 Å². The van der Waals surface area contributed by atoms with E-state index >= 15 is 0 Å². The molecule has 18 heavy (non-hydrogen) atoms. The van der Waals surface area contributed by atoms with Crippen LogP contribution >= 0.6 is 0 Å². The third kappa shape index (κ3) is 2.00. The third-order valence-electron chi connectivity index (χ3n) is 5.61. The summed E-state index contributed by atoms with van der Waals surface area (Å²) in [5.74, 6) is 1.67. The molecule has 106 valence electrons. The van der Waals surface area contributed by atoms with Crippen LogP contribution in [-0.4, -0.2) is 33.6 Å². The van der Waals surface area contributed by atoms with Crippen molar-refractivity contribution in [2.24, 2.45) is 17.8 Å². The number of ether oxygens (including phenoxy) is 1. The SMILES string of the molecule is CC1CCC([C@@H]2O[C@H](C)C(C)(O)[C@]2(C)O)C(C)C1. The van der Waals surface area contributed by atoms with Crippen molar-refractivity contribution >= 4 is 0 Å². The summed E-state index contributed by atoms with van der Waals surface area (Å²) in [6, 6.07) is 0. The van der Waals surface area contributed by atoms with Gasteiger partial charge >= 0.3 is 0 Å².